The van der Waals surface area contributed by atoms with E-state index in [1.54, 1.807) is 7.11 Å². The predicted molar refractivity (Wildman–Crippen MR) is 78.5 cm³/mol. The Labute approximate surface area is 125 Å². The largest absolute Gasteiger partial charge is 0.379 e. The van der Waals surface area contributed by atoms with E-state index in [1.165, 1.54) is 0 Å². The number of methoxy groups -OCH3 is 1. The summed E-state index contributed by atoms with van der Waals surface area (Å²) < 4.78 is 11.6. The number of hydrogen-bond acceptors (Lipinski definition) is 4. The molecule has 1 saturated carbocycles. The molecule has 1 aromatic rings. The zero-order chi connectivity index (χ0) is 14.7. The van der Waals surface area contributed by atoms with Crippen LogP contribution in [0.25, 0.3) is 0 Å². The van der Waals surface area contributed by atoms with Crippen molar-refractivity contribution in [3.8, 4) is 0 Å². The summed E-state index contributed by atoms with van der Waals surface area (Å²) in [5.41, 5.74) is 1.14. The van der Waals surface area contributed by atoms with Gasteiger partial charge in [-0.05, 0) is 18.4 Å². The van der Waals surface area contributed by atoms with E-state index < -0.39 is 0 Å². The first-order valence-corrected chi connectivity index (χ1v) is 7.47. The van der Waals surface area contributed by atoms with E-state index >= 15 is 0 Å². The second-order valence-corrected chi connectivity index (χ2v) is 5.72. The van der Waals surface area contributed by atoms with E-state index in [0.717, 1.165) is 12.0 Å². The lowest BCUT2D eigenvalue weighted by Crippen LogP contribution is -2.60. The molecule has 2 N–H and O–H groups in total. The molecule has 5 nitrogen and oxygen atoms in total. The van der Waals surface area contributed by atoms with Crippen LogP contribution in [0.1, 0.15) is 18.4 Å². The normalized spacial score (nSPS) is 32.3. The molecule has 3 rings (SSSR count). The second kappa shape index (κ2) is 6.56. The Morgan fingerprint density at radius 1 is 1.19 bits per heavy atom. The molecule has 1 aliphatic heterocycles. The lowest BCUT2D eigenvalue weighted by Gasteiger charge is -2.42. The third-order valence-corrected chi connectivity index (χ3v) is 4.45. The molecule has 0 spiro atoms. The molecule has 1 saturated heterocycles. The van der Waals surface area contributed by atoms with E-state index in [9.17, 15) is 4.79 Å². The average molecular weight is 290 g/mol. The smallest absolute Gasteiger partial charge is 0.225 e. The Bertz CT molecular complexity index is 480. The van der Waals surface area contributed by atoms with Crippen LogP contribution < -0.4 is 10.6 Å². The van der Waals surface area contributed by atoms with E-state index in [2.05, 4.69) is 10.6 Å². The van der Waals surface area contributed by atoms with Gasteiger partial charge in [-0.1, -0.05) is 30.3 Å². The Morgan fingerprint density at radius 3 is 2.76 bits per heavy atom. The van der Waals surface area contributed by atoms with E-state index in [0.29, 0.717) is 19.7 Å². The number of rotatable bonds is 4. The molecular formula is C16H22N2O3. The van der Waals surface area contributed by atoms with Crippen LogP contribution in [0.5, 0.6) is 0 Å². The van der Waals surface area contributed by atoms with Crippen LogP contribution in [-0.4, -0.2) is 37.9 Å². The Hall–Kier alpha value is -1.43. The van der Waals surface area contributed by atoms with Gasteiger partial charge < -0.3 is 14.8 Å². The molecule has 0 bridgehead atoms. The predicted octanol–water partition coefficient (Wildman–Crippen LogP) is 1.04. The highest BCUT2D eigenvalue weighted by Gasteiger charge is 2.42. The highest BCUT2D eigenvalue weighted by Crippen LogP contribution is 2.30. The lowest BCUT2D eigenvalue weighted by atomic mass is 9.79. The summed E-state index contributed by atoms with van der Waals surface area (Å²) >= 11 is 0. The van der Waals surface area contributed by atoms with Gasteiger partial charge in [0, 0.05) is 13.2 Å². The van der Waals surface area contributed by atoms with Crippen molar-refractivity contribution in [2.75, 3.05) is 13.8 Å². The molecule has 4 unspecified atom stereocenters. The van der Waals surface area contributed by atoms with Gasteiger partial charge in [-0.3, -0.25) is 10.1 Å². The maximum atomic E-state index is 12.0. The van der Waals surface area contributed by atoms with Crippen LogP contribution in [0.2, 0.25) is 0 Å². The summed E-state index contributed by atoms with van der Waals surface area (Å²) in [6.07, 6.45) is 1.51. The van der Waals surface area contributed by atoms with Crippen molar-refractivity contribution >= 4 is 5.91 Å². The van der Waals surface area contributed by atoms with Crippen LogP contribution in [-0.2, 0) is 20.9 Å². The molecule has 21 heavy (non-hydrogen) atoms. The van der Waals surface area contributed by atoms with Gasteiger partial charge >= 0.3 is 0 Å². The standard InChI is InChI=1S/C16H22N2O3/c1-20-14-8-13-12(16(19)18-10-17-13)7-15(14)21-9-11-5-3-2-4-6-11/h2-6,12-15,17H,7-10H2,1H3,(H,18,19). The fraction of sp³-hybridized carbons (Fsp3) is 0.562. The molecule has 2 fully saturated rings. The number of carbonyl (C=O) groups excluding carboxylic acids is 1. The quantitative estimate of drug-likeness (QED) is 0.870. The Balaban J connectivity index is 1.64. The average Bonchev–Trinajstić information content (AvgIpc) is 2.53. The molecule has 4 atom stereocenters. The molecule has 1 aliphatic carbocycles. The number of nitrogens with one attached hydrogen (secondary N) is 2. The second-order valence-electron chi connectivity index (χ2n) is 5.72. The van der Waals surface area contributed by atoms with Gasteiger partial charge in [0.05, 0.1) is 31.4 Å². The number of hydrogen-bond donors (Lipinski definition) is 2. The monoisotopic (exact) mass is 290 g/mol. The van der Waals surface area contributed by atoms with Gasteiger partial charge in [0.2, 0.25) is 5.91 Å². The van der Waals surface area contributed by atoms with Gasteiger partial charge in [-0.15, -0.1) is 0 Å². The molecule has 2 aliphatic rings. The summed E-state index contributed by atoms with van der Waals surface area (Å²) in [6, 6.07) is 10.3. The van der Waals surface area contributed by atoms with Crippen molar-refractivity contribution < 1.29 is 14.3 Å². The van der Waals surface area contributed by atoms with Crippen molar-refractivity contribution in [1.29, 1.82) is 0 Å². The number of fused-ring (bicyclic) bond motifs is 1. The maximum absolute atomic E-state index is 12.0. The fourth-order valence-electron chi connectivity index (χ4n) is 3.25. The van der Waals surface area contributed by atoms with Crippen LogP contribution >= 0.6 is 0 Å². The summed E-state index contributed by atoms with van der Waals surface area (Å²) in [5.74, 6) is 0.104. The van der Waals surface area contributed by atoms with Crippen LogP contribution in [0, 0.1) is 5.92 Å². The van der Waals surface area contributed by atoms with E-state index in [-0.39, 0.29) is 30.1 Å². The number of carbonyl (C=O) groups is 1. The van der Waals surface area contributed by atoms with Gasteiger partial charge in [0.1, 0.15) is 0 Å². The minimum atomic E-state index is -0.0397. The third-order valence-electron chi connectivity index (χ3n) is 4.45. The van der Waals surface area contributed by atoms with Crippen molar-refractivity contribution in [3.63, 3.8) is 0 Å². The van der Waals surface area contributed by atoms with Crippen molar-refractivity contribution in [2.45, 2.75) is 37.7 Å². The fourth-order valence-corrected chi connectivity index (χ4v) is 3.25. The Morgan fingerprint density at radius 2 is 2.00 bits per heavy atom. The SMILES string of the molecule is COC1CC2NCNC(=O)C2CC1OCc1ccccc1. The maximum Gasteiger partial charge on any atom is 0.225 e. The first-order chi connectivity index (χ1) is 10.3. The first kappa shape index (κ1) is 14.5. The van der Waals surface area contributed by atoms with Crippen molar-refractivity contribution in [1.82, 2.24) is 10.6 Å². The zero-order valence-corrected chi connectivity index (χ0v) is 12.2. The minimum Gasteiger partial charge on any atom is -0.379 e. The molecule has 0 aromatic heterocycles. The first-order valence-electron chi connectivity index (χ1n) is 7.47. The summed E-state index contributed by atoms with van der Waals surface area (Å²) in [5, 5.41) is 6.20. The van der Waals surface area contributed by atoms with E-state index in [1.807, 2.05) is 30.3 Å². The van der Waals surface area contributed by atoms with Crippen LogP contribution in [0.15, 0.2) is 30.3 Å². The minimum absolute atomic E-state index is 0.0223. The molecular weight excluding hydrogens is 268 g/mol. The number of ether oxygens (including phenoxy) is 2. The summed E-state index contributed by atoms with van der Waals surface area (Å²) in [4.78, 5) is 12.0. The summed E-state index contributed by atoms with van der Waals surface area (Å²) in [6.45, 7) is 1.10. The third kappa shape index (κ3) is 3.26. The zero-order valence-electron chi connectivity index (χ0n) is 12.2. The van der Waals surface area contributed by atoms with Crippen LogP contribution in [0.4, 0.5) is 0 Å². The number of benzene rings is 1. The molecule has 1 aromatic carbocycles. The highest BCUT2D eigenvalue weighted by molar-refractivity contribution is 5.80. The molecule has 5 heteroatoms. The Kier molecular flexibility index (Phi) is 4.53. The molecule has 1 amide bonds. The van der Waals surface area contributed by atoms with Gasteiger partial charge in [0.15, 0.2) is 0 Å². The topological polar surface area (TPSA) is 59.6 Å². The van der Waals surface area contributed by atoms with Gasteiger partial charge in [-0.25, -0.2) is 0 Å². The van der Waals surface area contributed by atoms with Crippen molar-refractivity contribution in [2.24, 2.45) is 5.92 Å². The number of amides is 1. The van der Waals surface area contributed by atoms with Crippen LogP contribution in [0.3, 0.4) is 0 Å². The lowest BCUT2D eigenvalue weighted by molar-refractivity contribution is -0.141. The van der Waals surface area contributed by atoms with Gasteiger partial charge in [0.25, 0.3) is 0 Å². The molecule has 1 heterocycles. The molecule has 0 radical (unpaired) electrons. The summed E-state index contributed by atoms with van der Waals surface area (Å²) in [7, 11) is 1.72. The highest BCUT2D eigenvalue weighted by atomic mass is 16.5. The van der Waals surface area contributed by atoms with Gasteiger partial charge in [-0.2, -0.15) is 0 Å². The van der Waals surface area contributed by atoms with Crippen molar-refractivity contribution in [3.05, 3.63) is 35.9 Å². The molecule has 114 valence electrons. The van der Waals surface area contributed by atoms with E-state index in [4.69, 9.17) is 9.47 Å².